The SMILES string of the molecule is CC1CCCN1C(=O)C1(C(C)C)CCNC1. The van der Waals surface area contributed by atoms with Crippen molar-refractivity contribution in [1.82, 2.24) is 10.2 Å². The Hall–Kier alpha value is -0.570. The lowest BCUT2D eigenvalue weighted by atomic mass is 9.75. The van der Waals surface area contributed by atoms with Crippen LogP contribution in [-0.4, -0.2) is 36.5 Å². The Balaban J connectivity index is 2.17. The summed E-state index contributed by atoms with van der Waals surface area (Å²) < 4.78 is 0. The number of likely N-dealkylation sites (tertiary alicyclic amines) is 1. The minimum Gasteiger partial charge on any atom is -0.339 e. The Morgan fingerprint density at radius 2 is 2.25 bits per heavy atom. The summed E-state index contributed by atoms with van der Waals surface area (Å²) in [5, 5.41) is 3.37. The van der Waals surface area contributed by atoms with E-state index in [4.69, 9.17) is 0 Å². The van der Waals surface area contributed by atoms with Gasteiger partial charge in [0.1, 0.15) is 0 Å². The van der Waals surface area contributed by atoms with Gasteiger partial charge in [0.2, 0.25) is 5.91 Å². The van der Waals surface area contributed by atoms with Gasteiger partial charge in [-0.05, 0) is 38.6 Å². The predicted octanol–water partition coefficient (Wildman–Crippen LogP) is 1.63. The molecule has 2 rings (SSSR count). The van der Waals surface area contributed by atoms with Crippen LogP contribution in [0.4, 0.5) is 0 Å². The average Bonchev–Trinajstić information content (AvgIpc) is 2.85. The summed E-state index contributed by atoms with van der Waals surface area (Å²) in [5.41, 5.74) is -0.126. The minimum atomic E-state index is -0.126. The van der Waals surface area contributed by atoms with Crippen LogP contribution in [0.5, 0.6) is 0 Å². The van der Waals surface area contributed by atoms with Gasteiger partial charge in [-0.3, -0.25) is 4.79 Å². The molecule has 2 atom stereocenters. The normalized spacial score (nSPS) is 35.0. The standard InChI is InChI=1S/C13H24N2O/c1-10(2)13(6-7-14-9-13)12(16)15-8-4-5-11(15)3/h10-11,14H,4-9H2,1-3H3. The molecule has 2 aliphatic rings. The summed E-state index contributed by atoms with van der Waals surface area (Å²) in [6, 6.07) is 0.448. The maximum Gasteiger partial charge on any atom is 0.230 e. The zero-order valence-electron chi connectivity index (χ0n) is 10.8. The van der Waals surface area contributed by atoms with Gasteiger partial charge in [-0.1, -0.05) is 13.8 Å². The van der Waals surface area contributed by atoms with Gasteiger partial charge < -0.3 is 10.2 Å². The lowest BCUT2D eigenvalue weighted by Crippen LogP contribution is -2.49. The number of nitrogens with zero attached hydrogens (tertiary/aromatic N) is 1. The van der Waals surface area contributed by atoms with Crippen molar-refractivity contribution in [3.05, 3.63) is 0 Å². The summed E-state index contributed by atoms with van der Waals surface area (Å²) in [6.07, 6.45) is 3.36. The number of nitrogens with one attached hydrogen (secondary N) is 1. The van der Waals surface area contributed by atoms with Crippen molar-refractivity contribution in [2.24, 2.45) is 11.3 Å². The second-order valence-corrected chi connectivity index (χ2v) is 5.73. The van der Waals surface area contributed by atoms with E-state index >= 15 is 0 Å². The molecule has 2 saturated heterocycles. The molecular formula is C13H24N2O. The monoisotopic (exact) mass is 224 g/mol. The fourth-order valence-electron chi connectivity index (χ4n) is 3.15. The van der Waals surface area contributed by atoms with Gasteiger partial charge in [-0.25, -0.2) is 0 Å². The van der Waals surface area contributed by atoms with E-state index in [1.165, 1.54) is 12.8 Å². The van der Waals surface area contributed by atoms with Gasteiger partial charge in [0.05, 0.1) is 5.41 Å². The number of carbonyl (C=O) groups excluding carboxylic acids is 1. The number of amides is 1. The molecule has 0 aromatic carbocycles. The first-order chi connectivity index (χ1) is 7.58. The summed E-state index contributed by atoms with van der Waals surface area (Å²) in [4.78, 5) is 14.8. The topological polar surface area (TPSA) is 32.3 Å². The van der Waals surface area contributed by atoms with Gasteiger partial charge in [0, 0.05) is 19.1 Å². The highest BCUT2D eigenvalue weighted by Gasteiger charge is 2.47. The highest BCUT2D eigenvalue weighted by molar-refractivity contribution is 5.84. The summed E-state index contributed by atoms with van der Waals surface area (Å²) in [5.74, 6) is 0.834. The van der Waals surface area contributed by atoms with Crippen molar-refractivity contribution in [2.45, 2.75) is 46.1 Å². The van der Waals surface area contributed by atoms with Crippen molar-refractivity contribution in [1.29, 1.82) is 0 Å². The van der Waals surface area contributed by atoms with Gasteiger partial charge in [-0.15, -0.1) is 0 Å². The third kappa shape index (κ3) is 1.75. The number of rotatable bonds is 2. The first-order valence-electron chi connectivity index (χ1n) is 6.60. The van der Waals surface area contributed by atoms with E-state index in [0.717, 1.165) is 26.1 Å². The van der Waals surface area contributed by atoms with Crippen LogP contribution in [-0.2, 0) is 4.79 Å². The number of hydrogen-bond acceptors (Lipinski definition) is 2. The second kappa shape index (κ2) is 4.36. The van der Waals surface area contributed by atoms with E-state index in [-0.39, 0.29) is 5.41 Å². The van der Waals surface area contributed by atoms with E-state index in [1.807, 2.05) is 0 Å². The van der Waals surface area contributed by atoms with Gasteiger partial charge >= 0.3 is 0 Å². The maximum absolute atomic E-state index is 12.7. The molecule has 0 bridgehead atoms. The van der Waals surface area contributed by atoms with Crippen LogP contribution >= 0.6 is 0 Å². The number of carbonyl (C=O) groups is 1. The van der Waals surface area contributed by atoms with E-state index in [1.54, 1.807) is 0 Å². The van der Waals surface area contributed by atoms with Crippen LogP contribution in [0.25, 0.3) is 0 Å². The van der Waals surface area contributed by atoms with E-state index in [2.05, 4.69) is 31.0 Å². The first kappa shape index (κ1) is 11.9. The lowest BCUT2D eigenvalue weighted by molar-refractivity contribution is -0.144. The molecule has 0 spiro atoms. The summed E-state index contributed by atoms with van der Waals surface area (Å²) in [7, 11) is 0. The smallest absolute Gasteiger partial charge is 0.230 e. The molecule has 16 heavy (non-hydrogen) atoms. The molecule has 3 nitrogen and oxygen atoms in total. The number of hydrogen-bond donors (Lipinski definition) is 1. The van der Waals surface area contributed by atoms with Crippen LogP contribution in [0.15, 0.2) is 0 Å². The van der Waals surface area contributed by atoms with Crippen molar-refractivity contribution in [2.75, 3.05) is 19.6 Å². The Morgan fingerprint density at radius 3 is 2.69 bits per heavy atom. The zero-order valence-corrected chi connectivity index (χ0v) is 10.8. The largest absolute Gasteiger partial charge is 0.339 e. The molecule has 1 N–H and O–H groups in total. The highest BCUT2D eigenvalue weighted by atomic mass is 16.2. The molecule has 2 aliphatic heterocycles. The second-order valence-electron chi connectivity index (χ2n) is 5.73. The van der Waals surface area contributed by atoms with Crippen molar-refractivity contribution < 1.29 is 4.79 Å². The molecule has 92 valence electrons. The molecule has 2 unspecified atom stereocenters. The molecule has 0 radical (unpaired) electrons. The first-order valence-corrected chi connectivity index (χ1v) is 6.60. The third-order valence-corrected chi connectivity index (χ3v) is 4.53. The Labute approximate surface area is 98.6 Å². The van der Waals surface area contributed by atoms with E-state index < -0.39 is 0 Å². The fourth-order valence-corrected chi connectivity index (χ4v) is 3.15. The molecule has 2 fully saturated rings. The highest BCUT2D eigenvalue weighted by Crippen LogP contribution is 2.38. The van der Waals surface area contributed by atoms with Gasteiger partial charge in [0.25, 0.3) is 0 Å². The summed E-state index contributed by atoms with van der Waals surface area (Å²) in [6.45, 7) is 9.38. The zero-order chi connectivity index (χ0) is 11.8. The van der Waals surface area contributed by atoms with Crippen LogP contribution < -0.4 is 5.32 Å². The van der Waals surface area contributed by atoms with E-state index in [9.17, 15) is 4.79 Å². The Morgan fingerprint density at radius 1 is 1.50 bits per heavy atom. The molecule has 0 aliphatic carbocycles. The average molecular weight is 224 g/mol. The Bertz CT molecular complexity index is 269. The fraction of sp³-hybridized carbons (Fsp3) is 0.923. The minimum absolute atomic E-state index is 0.126. The predicted molar refractivity (Wildman–Crippen MR) is 65.2 cm³/mol. The van der Waals surface area contributed by atoms with E-state index in [0.29, 0.717) is 17.9 Å². The lowest BCUT2D eigenvalue weighted by Gasteiger charge is -2.36. The van der Waals surface area contributed by atoms with Crippen LogP contribution in [0.3, 0.4) is 0 Å². The molecule has 0 aromatic rings. The van der Waals surface area contributed by atoms with Crippen molar-refractivity contribution >= 4 is 5.91 Å². The van der Waals surface area contributed by atoms with Crippen molar-refractivity contribution in [3.8, 4) is 0 Å². The quantitative estimate of drug-likeness (QED) is 0.773. The maximum atomic E-state index is 12.7. The van der Waals surface area contributed by atoms with Crippen molar-refractivity contribution in [3.63, 3.8) is 0 Å². The van der Waals surface area contributed by atoms with Gasteiger partial charge in [0.15, 0.2) is 0 Å². The molecular weight excluding hydrogens is 200 g/mol. The van der Waals surface area contributed by atoms with Gasteiger partial charge in [-0.2, -0.15) is 0 Å². The molecule has 0 saturated carbocycles. The molecule has 3 heteroatoms. The van der Waals surface area contributed by atoms with Crippen LogP contribution in [0.1, 0.15) is 40.0 Å². The summed E-state index contributed by atoms with van der Waals surface area (Å²) >= 11 is 0. The third-order valence-electron chi connectivity index (χ3n) is 4.53. The molecule has 1 amide bonds. The molecule has 0 aromatic heterocycles. The Kier molecular flexibility index (Phi) is 3.24. The van der Waals surface area contributed by atoms with Crippen LogP contribution in [0, 0.1) is 11.3 Å². The van der Waals surface area contributed by atoms with Crippen LogP contribution in [0.2, 0.25) is 0 Å². The molecule has 2 heterocycles.